The Labute approximate surface area is 146 Å². The number of amides is 2. The first-order valence-corrected chi connectivity index (χ1v) is 7.68. The summed E-state index contributed by atoms with van der Waals surface area (Å²) < 4.78 is 0. The van der Waals surface area contributed by atoms with Crippen LogP contribution in [0.15, 0.2) is 54.7 Å². The minimum absolute atomic E-state index is 0.0691. The van der Waals surface area contributed by atoms with Gasteiger partial charge >= 0.3 is 5.97 Å². The summed E-state index contributed by atoms with van der Waals surface area (Å²) in [5.41, 5.74) is 0.817. The topological polar surface area (TPSA) is 76.6 Å². The van der Waals surface area contributed by atoms with Crippen LogP contribution in [0.1, 0.15) is 31.1 Å². The summed E-state index contributed by atoms with van der Waals surface area (Å²) in [6.45, 7) is 0. The van der Waals surface area contributed by atoms with E-state index in [9.17, 15) is 14.4 Å². The molecule has 0 aliphatic carbocycles. The average molecular weight is 353 g/mol. The number of halogens is 1. The van der Waals surface area contributed by atoms with Crippen molar-refractivity contribution in [1.29, 1.82) is 0 Å². The first-order chi connectivity index (χ1) is 12.1. The van der Waals surface area contributed by atoms with Gasteiger partial charge in [0.1, 0.15) is 0 Å². The first kappa shape index (κ1) is 15.3. The number of rotatable bonds is 2. The van der Waals surface area contributed by atoms with Crippen molar-refractivity contribution in [2.24, 2.45) is 0 Å². The number of nitrogens with zero attached hydrogens (tertiary/aromatic N) is 2. The number of aromatic nitrogens is 1. The highest BCUT2D eigenvalue weighted by molar-refractivity contribution is 6.32. The molecule has 0 spiro atoms. The van der Waals surface area contributed by atoms with Gasteiger partial charge in [0.15, 0.2) is 0 Å². The Hall–Kier alpha value is -3.25. The lowest BCUT2D eigenvalue weighted by Gasteiger charge is -2.13. The van der Waals surface area contributed by atoms with Gasteiger partial charge in [-0.2, -0.15) is 0 Å². The summed E-state index contributed by atoms with van der Waals surface area (Å²) in [5, 5.41) is 1.42. The Bertz CT molecular complexity index is 1030. The Morgan fingerprint density at radius 3 is 2.36 bits per heavy atom. The molecule has 6 nitrogen and oxygen atoms in total. The molecule has 0 radical (unpaired) electrons. The molecule has 0 bridgehead atoms. The standard InChI is InChI=1S/C18H9ClN2O4/c19-11-8-10-4-3-7-20-15(10)14(9-11)18(24)25-21-16(22)12-5-1-2-6-13(12)17(21)23/h1-9H. The van der Waals surface area contributed by atoms with E-state index < -0.39 is 17.8 Å². The normalized spacial score (nSPS) is 13.2. The van der Waals surface area contributed by atoms with Crippen molar-refractivity contribution < 1.29 is 19.2 Å². The molecule has 0 N–H and O–H groups in total. The van der Waals surface area contributed by atoms with Crippen LogP contribution in [-0.2, 0) is 4.84 Å². The molecule has 4 rings (SSSR count). The number of pyridine rings is 1. The van der Waals surface area contributed by atoms with Crippen LogP contribution in [0.25, 0.3) is 10.9 Å². The maximum Gasteiger partial charge on any atom is 0.366 e. The number of benzene rings is 2. The second-order valence-electron chi connectivity index (χ2n) is 5.36. The second kappa shape index (κ2) is 5.68. The molecule has 0 saturated carbocycles. The van der Waals surface area contributed by atoms with E-state index in [1.807, 2.05) is 0 Å². The predicted molar refractivity (Wildman–Crippen MR) is 89.1 cm³/mol. The molecule has 0 fully saturated rings. The van der Waals surface area contributed by atoms with Crippen molar-refractivity contribution in [3.63, 3.8) is 0 Å². The summed E-state index contributed by atoms with van der Waals surface area (Å²) in [7, 11) is 0. The molecule has 0 unspecified atom stereocenters. The molecule has 7 heteroatoms. The molecule has 1 aliphatic heterocycles. The Morgan fingerprint density at radius 1 is 1.00 bits per heavy atom. The Kier molecular flexibility index (Phi) is 3.47. The zero-order chi connectivity index (χ0) is 17.6. The number of fused-ring (bicyclic) bond motifs is 2. The van der Waals surface area contributed by atoms with Gasteiger partial charge in [-0.15, -0.1) is 0 Å². The van der Waals surface area contributed by atoms with Gasteiger partial charge in [0.2, 0.25) is 0 Å². The molecule has 25 heavy (non-hydrogen) atoms. The first-order valence-electron chi connectivity index (χ1n) is 7.30. The van der Waals surface area contributed by atoms with E-state index >= 15 is 0 Å². The van der Waals surface area contributed by atoms with Crippen LogP contribution in [0, 0.1) is 0 Å². The third-order valence-electron chi connectivity index (χ3n) is 3.82. The van der Waals surface area contributed by atoms with E-state index in [-0.39, 0.29) is 16.7 Å². The maximum absolute atomic E-state index is 12.5. The van der Waals surface area contributed by atoms with Crippen molar-refractivity contribution in [3.05, 3.63) is 76.4 Å². The summed E-state index contributed by atoms with van der Waals surface area (Å²) in [6.07, 6.45) is 1.52. The van der Waals surface area contributed by atoms with Gasteiger partial charge in [-0.25, -0.2) is 4.79 Å². The van der Waals surface area contributed by atoms with Crippen LogP contribution in [0.5, 0.6) is 0 Å². The fourth-order valence-electron chi connectivity index (χ4n) is 2.69. The van der Waals surface area contributed by atoms with Gasteiger partial charge in [-0.3, -0.25) is 14.6 Å². The molecule has 1 aromatic heterocycles. The van der Waals surface area contributed by atoms with E-state index in [4.69, 9.17) is 16.4 Å². The number of hydrogen-bond acceptors (Lipinski definition) is 5. The molecule has 0 atom stereocenters. The van der Waals surface area contributed by atoms with Crippen LogP contribution in [0.2, 0.25) is 5.02 Å². The largest absolute Gasteiger partial charge is 0.366 e. The fourth-order valence-corrected chi connectivity index (χ4v) is 2.92. The molecule has 2 aromatic carbocycles. The zero-order valence-electron chi connectivity index (χ0n) is 12.6. The van der Waals surface area contributed by atoms with Crippen LogP contribution >= 0.6 is 11.6 Å². The molecule has 0 saturated heterocycles. The molecule has 122 valence electrons. The summed E-state index contributed by atoms with van der Waals surface area (Å²) in [4.78, 5) is 46.3. The summed E-state index contributed by atoms with van der Waals surface area (Å²) in [5.74, 6) is -2.26. The minimum atomic E-state index is -0.888. The molecule has 1 aliphatic rings. The quantitative estimate of drug-likeness (QED) is 0.662. The number of carbonyl (C=O) groups excluding carboxylic acids is 3. The van der Waals surface area contributed by atoms with Crippen LogP contribution in [0.4, 0.5) is 0 Å². The minimum Gasteiger partial charge on any atom is -0.324 e. The third kappa shape index (κ3) is 2.43. The number of hydrogen-bond donors (Lipinski definition) is 0. The monoisotopic (exact) mass is 352 g/mol. The lowest BCUT2D eigenvalue weighted by Crippen LogP contribution is -2.32. The lowest BCUT2D eigenvalue weighted by molar-refractivity contribution is -0.0583. The van der Waals surface area contributed by atoms with Crippen molar-refractivity contribution in [2.75, 3.05) is 0 Å². The molecular formula is C18H9ClN2O4. The zero-order valence-corrected chi connectivity index (χ0v) is 13.4. The van der Waals surface area contributed by atoms with Crippen LogP contribution < -0.4 is 0 Å². The number of carbonyl (C=O) groups is 3. The SMILES string of the molecule is O=C(ON1C(=O)c2ccccc2C1=O)c1cc(Cl)cc2cccnc12. The highest BCUT2D eigenvalue weighted by Crippen LogP contribution is 2.26. The van der Waals surface area contributed by atoms with Gasteiger partial charge in [-0.1, -0.05) is 34.9 Å². The number of hydroxylamine groups is 2. The predicted octanol–water partition coefficient (Wildman–Crippen LogP) is 3.26. The third-order valence-corrected chi connectivity index (χ3v) is 4.04. The van der Waals surface area contributed by atoms with Crippen LogP contribution in [0.3, 0.4) is 0 Å². The van der Waals surface area contributed by atoms with Gasteiger partial charge in [0.25, 0.3) is 11.8 Å². The van der Waals surface area contributed by atoms with E-state index in [1.165, 1.54) is 24.4 Å². The lowest BCUT2D eigenvalue weighted by atomic mass is 10.1. The summed E-state index contributed by atoms with van der Waals surface area (Å²) in [6, 6.07) is 12.7. The van der Waals surface area contributed by atoms with Crippen molar-refractivity contribution >= 4 is 40.3 Å². The highest BCUT2D eigenvalue weighted by atomic mass is 35.5. The molecule has 2 amide bonds. The average Bonchev–Trinajstić information content (AvgIpc) is 2.86. The highest BCUT2D eigenvalue weighted by Gasteiger charge is 2.39. The Balaban J connectivity index is 1.70. The Morgan fingerprint density at radius 2 is 1.68 bits per heavy atom. The van der Waals surface area contributed by atoms with Crippen molar-refractivity contribution in [1.82, 2.24) is 10.0 Å². The van der Waals surface area contributed by atoms with E-state index in [1.54, 1.807) is 30.3 Å². The van der Waals surface area contributed by atoms with Crippen LogP contribution in [-0.4, -0.2) is 27.8 Å². The smallest absolute Gasteiger partial charge is 0.324 e. The molecule has 3 aromatic rings. The van der Waals surface area contributed by atoms with Crippen molar-refractivity contribution in [3.8, 4) is 0 Å². The molecular weight excluding hydrogens is 344 g/mol. The van der Waals surface area contributed by atoms with E-state index in [0.717, 1.165) is 0 Å². The fraction of sp³-hybridized carbons (Fsp3) is 0. The van der Waals surface area contributed by atoms with Gasteiger partial charge in [-0.05, 0) is 30.3 Å². The molecule has 2 heterocycles. The van der Waals surface area contributed by atoms with Gasteiger partial charge in [0.05, 0.1) is 22.2 Å². The van der Waals surface area contributed by atoms with E-state index in [2.05, 4.69) is 4.98 Å². The summed E-state index contributed by atoms with van der Waals surface area (Å²) >= 11 is 6.03. The maximum atomic E-state index is 12.5. The van der Waals surface area contributed by atoms with Gasteiger partial charge in [0, 0.05) is 16.6 Å². The second-order valence-corrected chi connectivity index (χ2v) is 5.79. The van der Waals surface area contributed by atoms with E-state index in [0.29, 0.717) is 21.0 Å². The van der Waals surface area contributed by atoms with Crippen molar-refractivity contribution in [2.45, 2.75) is 0 Å². The van der Waals surface area contributed by atoms with Gasteiger partial charge < -0.3 is 4.84 Å². The number of imide groups is 1.